The van der Waals surface area contributed by atoms with E-state index in [2.05, 4.69) is 27.3 Å². The SMILES string of the molecule is COC(O)c1c(CCCOC(C)=O)c2ccc(Cl)c(-c3c(CI)nn4c3CCCC4)c2n1C. The normalized spacial score (nSPS) is 14.5. The van der Waals surface area contributed by atoms with Crippen molar-refractivity contribution in [3.8, 4) is 11.1 Å². The molecule has 0 bridgehead atoms. The topological polar surface area (TPSA) is 78.5 Å². The van der Waals surface area contributed by atoms with Crippen LogP contribution in [-0.4, -0.2) is 39.1 Å². The number of ether oxygens (including phenoxy) is 2. The van der Waals surface area contributed by atoms with E-state index in [9.17, 15) is 9.90 Å². The van der Waals surface area contributed by atoms with E-state index in [4.69, 9.17) is 26.2 Å². The van der Waals surface area contributed by atoms with Crippen LogP contribution < -0.4 is 0 Å². The molecule has 0 fully saturated rings. The average Bonchev–Trinajstić information content (AvgIpc) is 3.31. The number of rotatable bonds is 8. The number of benzene rings is 1. The molecule has 3 aromatic rings. The first-order valence-corrected chi connectivity index (χ1v) is 13.1. The molecule has 33 heavy (non-hydrogen) atoms. The summed E-state index contributed by atoms with van der Waals surface area (Å²) in [5.41, 5.74) is 6.97. The number of nitrogens with zero attached hydrogens (tertiary/aromatic N) is 3. The standard InChI is InChI=1S/C24H29ClIN3O4/c1-14(30)33-12-6-7-15-16-9-10-17(25)20(22(16)28(2)23(15)24(31)32-3)21-18(13-26)27-29-11-5-4-8-19(21)29/h9-10,24,31H,4-8,11-13H2,1-3H3. The van der Waals surface area contributed by atoms with Crippen LogP contribution in [0.1, 0.15) is 55.1 Å². The van der Waals surface area contributed by atoms with E-state index in [-0.39, 0.29) is 5.97 Å². The first-order chi connectivity index (χ1) is 15.9. The lowest BCUT2D eigenvalue weighted by Crippen LogP contribution is -2.11. The minimum atomic E-state index is -1.08. The fourth-order valence-electron chi connectivity index (χ4n) is 4.94. The molecular formula is C24H29ClIN3O4. The predicted octanol–water partition coefficient (Wildman–Crippen LogP) is 5.10. The van der Waals surface area contributed by atoms with Crippen molar-refractivity contribution in [1.82, 2.24) is 14.3 Å². The molecular weight excluding hydrogens is 557 g/mol. The number of carbonyl (C=O) groups excluding carboxylic acids is 1. The Labute approximate surface area is 212 Å². The molecule has 2 aromatic heterocycles. The predicted molar refractivity (Wildman–Crippen MR) is 137 cm³/mol. The molecule has 0 saturated heterocycles. The summed E-state index contributed by atoms with van der Waals surface area (Å²) >= 11 is 9.23. The average molecular weight is 586 g/mol. The van der Waals surface area contributed by atoms with Gasteiger partial charge >= 0.3 is 5.97 Å². The maximum atomic E-state index is 11.2. The first-order valence-electron chi connectivity index (χ1n) is 11.2. The number of hydrogen-bond acceptors (Lipinski definition) is 5. The lowest BCUT2D eigenvalue weighted by molar-refractivity contribution is -0.141. The largest absolute Gasteiger partial charge is 0.466 e. The number of carbonyl (C=O) groups is 1. The number of alkyl halides is 1. The molecule has 0 amide bonds. The lowest BCUT2D eigenvalue weighted by atomic mass is 9.95. The van der Waals surface area contributed by atoms with Gasteiger partial charge in [0.2, 0.25) is 0 Å². The quantitative estimate of drug-likeness (QED) is 0.131. The van der Waals surface area contributed by atoms with Gasteiger partial charge in [-0.3, -0.25) is 9.48 Å². The zero-order valence-electron chi connectivity index (χ0n) is 19.2. The Morgan fingerprint density at radius 2 is 2.12 bits per heavy atom. The van der Waals surface area contributed by atoms with Crippen LogP contribution in [-0.2, 0) is 45.1 Å². The van der Waals surface area contributed by atoms with Crippen LogP contribution in [0.5, 0.6) is 0 Å². The number of aliphatic hydroxyl groups excluding tert-OH is 1. The summed E-state index contributed by atoms with van der Waals surface area (Å²) in [6, 6.07) is 3.94. The van der Waals surface area contributed by atoms with Gasteiger partial charge in [0.25, 0.3) is 0 Å². The summed E-state index contributed by atoms with van der Waals surface area (Å²) in [6.45, 7) is 2.66. The van der Waals surface area contributed by atoms with Crippen LogP contribution >= 0.6 is 34.2 Å². The molecule has 178 valence electrons. The molecule has 1 unspecified atom stereocenters. The fraction of sp³-hybridized carbons (Fsp3) is 0.500. The molecule has 0 radical (unpaired) electrons. The Morgan fingerprint density at radius 3 is 2.82 bits per heavy atom. The Hall–Kier alpha value is -1.62. The van der Waals surface area contributed by atoms with E-state index in [1.54, 1.807) is 0 Å². The summed E-state index contributed by atoms with van der Waals surface area (Å²) in [7, 11) is 3.43. The highest BCUT2D eigenvalue weighted by atomic mass is 127. The van der Waals surface area contributed by atoms with E-state index in [0.29, 0.717) is 30.2 Å². The van der Waals surface area contributed by atoms with Gasteiger partial charge in [-0.05, 0) is 43.7 Å². The molecule has 0 spiro atoms. The number of methoxy groups -OCH3 is 1. The monoisotopic (exact) mass is 585 g/mol. The summed E-state index contributed by atoms with van der Waals surface area (Å²) in [5, 5.41) is 17.3. The summed E-state index contributed by atoms with van der Waals surface area (Å²) in [6.07, 6.45) is 3.43. The molecule has 1 aromatic carbocycles. The molecule has 0 saturated carbocycles. The van der Waals surface area contributed by atoms with E-state index in [1.165, 1.54) is 19.7 Å². The number of aromatic nitrogens is 3. The number of fused-ring (bicyclic) bond motifs is 2. The molecule has 9 heteroatoms. The van der Waals surface area contributed by atoms with Crippen molar-refractivity contribution in [3.05, 3.63) is 39.8 Å². The number of esters is 1. The highest BCUT2D eigenvalue weighted by molar-refractivity contribution is 14.1. The molecule has 1 N–H and O–H groups in total. The third-order valence-corrected chi connectivity index (χ3v) is 7.37. The van der Waals surface area contributed by atoms with E-state index < -0.39 is 6.29 Å². The molecule has 0 aliphatic carbocycles. The third-order valence-electron chi connectivity index (χ3n) is 6.33. The maximum absolute atomic E-state index is 11.2. The molecule has 1 aliphatic heterocycles. The van der Waals surface area contributed by atoms with Crippen molar-refractivity contribution in [2.24, 2.45) is 7.05 Å². The van der Waals surface area contributed by atoms with E-state index in [1.807, 2.05) is 23.7 Å². The summed E-state index contributed by atoms with van der Waals surface area (Å²) in [5.74, 6) is -0.295. The summed E-state index contributed by atoms with van der Waals surface area (Å²) < 4.78 is 15.4. The second-order valence-corrected chi connectivity index (χ2v) is 9.53. The Kier molecular flexibility index (Phi) is 7.67. The lowest BCUT2D eigenvalue weighted by Gasteiger charge is -2.17. The second-order valence-electron chi connectivity index (χ2n) is 8.36. The van der Waals surface area contributed by atoms with Crippen LogP contribution in [0.15, 0.2) is 12.1 Å². The van der Waals surface area contributed by atoms with Crippen molar-refractivity contribution in [3.63, 3.8) is 0 Å². The second kappa shape index (κ2) is 10.3. The van der Waals surface area contributed by atoms with Crippen molar-refractivity contribution in [2.75, 3.05) is 13.7 Å². The number of hydrogen-bond donors (Lipinski definition) is 1. The highest BCUT2D eigenvalue weighted by Crippen LogP contribution is 2.44. The van der Waals surface area contributed by atoms with Crippen LogP contribution in [0.25, 0.3) is 22.0 Å². The van der Waals surface area contributed by atoms with Crippen molar-refractivity contribution in [1.29, 1.82) is 0 Å². The number of aryl methyl sites for hydroxylation is 3. The maximum Gasteiger partial charge on any atom is 0.302 e. The summed E-state index contributed by atoms with van der Waals surface area (Å²) in [4.78, 5) is 11.2. The van der Waals surface area contributed by atoms with Gasteiger partial charge in [-0.1, -0.05) is 40.3 Å². The van der Waals surface area contributed by atoms with Gasteiger partial charge in [-0.15, -0.1) is 0 Å². The molecule has 1 aliphatic rings. The number of aliphatic hydroxyl groups is 1. The van der Waals surface area contributed by atoms with Crippen LogP contribution in [0, 0.1) is 0 Å². The minimum absolute atomic E-state index is 0.295. The van der Waals surface area contributed by atoms with Crippen LogP contribution in [0.3, 0.4) is 0 Å². The minimum Gasteiger partial charge on any atom is -0.466 e. The van der Waals surface area contributed by atoms with Gasteiger partial charge in [0, 0.05) is 54.3 Å². The van der Waals surface area contributed by atoms with Gasteiger partial charge in [0.05, 0.1) is 28.5 Å². The van der Waals surface area contributed by atoms with Crippen molar-refractivity contribution in [2.45, 2.75) is 56.3 Å². The zero-order chi connectivity index (χ0) is 23.7. The van der Waals surface area contributed by atoms with Crippen molar-refractivity contribution < 1.29 is 19.4 Å². The van der Waals surface area contributed by atoms with Gasteiger partial charge in [0.1, 0.15) is 0 Å². The molecule has 7 nitrogen and oxygen atoms in total. The first kappa shape index (κ1) is 24.5. The van der Waals surface area contributed by atoms with E-state index in [0.717, 1.165) is 63.5 Å². The third kappa shape index (κ3) is 4.54. The Bertz CT molecular complexity index is 1190. The molecule has 3 heterocycles. The Morgan fingerprint density at radius 1 is 1.33 bits per heavy atom. The van der Waals surface area contributed by atoms with Crippen molar-refractivity contribution >= 4 is 51.1 Å². The van der Waals surface area contributed by atoms with E-state index >= 15 is 0 Å². The van der Waals surface area contributed by atoms with Gasteiger partial charge in [-0.2, -0.15) is 5.10 Å². The number of halogens is 2. The van der Waals surface area contributed by atoms with Gasteiger partial charge < -0.3 is 19.1 Å². The molecule has 4 rings (SSSR count). The van der Waals surface area contributed by atoms with Crippen LogP contribution in [0.2, 0.25) is 5.02 Å². The van der Waals surface area contributed by atoms with Gasteiger partial charge in [-0.25, -0.2) is 0 Å². The van der Waals surface area contributed by atoms with Crippen LogP contribution in [0.4, 0.5) is 0 Å². The zero-order valence-corrected chi connectivity index (χ0v) is 22.1. The Balaban J connectivity index is 1.94. The smallest absolute Gasteiger partial charge is 0.302 e. The molecule has 1 atom stereocenters. The fourth-order valence-corrected chi connectivity index (χ4v) is 5.72. The highest BCUT2D eigenvalue weighted by Gasteiger charge is 2.28. The van der Waals surface area contributed by atoms with Gasteiger partial charge in [0.15, 0.2) is 6.29 Å².